The van der Waals surface area contributed by atoms with Gasteiger partial charge in [0, 0.05) is 16.0 Å². The zero-order valence-corrected chi connectivity index (χ0v) is 10.8. The molecule has 1 rings (SSSR count). The first-order valence-electron chi connectivity index (χ1n) is 4.91. The zero-order chi connectivity index (χ0) is 12.1. The Bertz CT molecular complexity index is 384. The molecule has 0 heterocycles. The van der Waals surface area contributed by atoms with Crippen molar-refractivity contribution in [1.82, 2.24) is 0 Å². The molecule has 0 aliphatic carbocycles. The van der Waals surface area contributed by atoms with E-state index >= 15 is 0 Å². The summed E-state index contributed by atoms with van der Waals surface area (Å²) < 4.78 is 5.45. The number of hydrogen-bond donors (Lipinski definition) is 0. The van der Waals surface area contributed by atoms with Gasteiger partial charge in [0.25, 0.3) is 0 Å². The van der Waals surface area contributed by atoms with Crippen LogP contribution in [0.3, 0.4) is 0 Å². The number of rotatable bonds is 4. The molecule has 16 heavy (non-hydrogen) atoms. The molecule has 0 fully saturated rings. The molecule has 0 aromatic heterocycles. The van der Waals surface area contributed by atoms with Crippen LogP contribution in [0.25, 0.3) is 0 Å². The molecule has 1 atom stereocenters. The fourth-order valence-electron chi connectivity index (χ4n) is 1.32. The van der Waals surface area contributed by atoms with Crippen molar-refractivity contribution in [3.8, 4) is 0 Å². The largest absolute Gasteiger partial charge is 0.469 e. The van der Waals surface area contributed by atoms with Crippen LogP contribution in [0.4, 0.5) is 0 Å². The van der Waals surface area contributed by atoms with E-state index in [2.05, 4.69) is 20.7 Å². The van der Waals surface area contributed by atoms with E-state index in [4.69, 9.17) is 0 Å². The van der Waals surface area contributed by atoms with Crippen molar-refractivity contribution in [2.75, 3.05) is 7.11 Å². The Hall–Kier alpha value is -1.16. The molecular formula is C12H13BrO3. The molecule has 4 heteroatoms. The van der Waals surface area contributed by atoms with Gasteiger partial charge in [-0.3, -0.25) is 9.59 Å². The average Bonchev–Trinajstić information content (AvgIpc) is 2.28. The van der Waals surface area contributed by atoms with Crippen molar-refractivity contribution in [2.45, 2.75) is 13.3 Å². The first kappa shape index (κ1) is 12.9. The highest BCUT2D eigenvalue weighted by molar-refractivity contribution is 9.10. The predicted octanol–water partition coefficient (Wildman–Crippen LogP) is 2.83. The Kier molecular flexibility index (Phi) is 4.68. The summed E-state index contributed by atoms with van der Waals surface area (Å²) in [4.78, 5) is 22.9. The van der Waals surface area contributed by atoms with Gasteiger partial charge in [0.2, 0.25) is 0 Å². The number of Topliss-reactive ketones (excluding diaryl/α,β-unsaturated/α-hetero) is 1. The van der Waals surface area contributed by atoms with E-state index in [0.717, 1.165) is 4.47 Å². The highest BCUT2D eigenvalue weighted by Crippen LogP contribution is 2.16. The third-order valence-electron chi connectivity index (χ3n) is 2.28. The number of carbonyl (C=O) groups excluding carboxylic acids is 2. The minimum absolute atomic E-state index is 0.0436. The van der Waals surface area contributed by atoms with Crippen LogP contribution >= 0.6 is 15.9 Å². The molecule has 0 radical (unpaired) electrons. The fraction of sp³-hybridized carbons (Fsp3) is 0.333. The second-order valence-corrected chi connectivity index (χ2v) is 4.47. The lowest BCUT2D eigenvalue weighted by Crippen LogP contribution is -2.16. The van der Waals surface area contributed by atoms with Crippen LogP contribution < -0.4 is 0 Å². The number of ether oxygens (including phenoxy) is 1. The van der Waals surface area contributed by atoms with E-state index in [1.165, 1.54) is 7.11 Å². The first-order valence-corrected chi connectivity index (χ1v) is 5.70. The van der Waals surface area contributed by atoms with Crippen molar-refractivity contribution in [3.63, 3.8) is 0 Å². The Morgan fingerprint density at radius 3 is 2.38 bits per heavy atom. The summed E-state index contributed by atoms with van der Waals surface area (Å²) >= 11 is 3.30. The van der Waals surface area contributed by atoms with Gasteiger partial charge in [-0.25, -0.2) is 0 Å². The molecule has 0 unspecified atom stereocenters. The Morgan fingerprint density at radius 2 is 1.88 bits per heavy atom. The van der Waals surface area contributed by atoms with Crippen molar-refractivity contribution < 1.29 is 14.3 Å². The normalized spacial score (nSPS) is 11.9. The molecule has 0 saturated heterocycles. The van der Waals surface area contributed by atoms with E-state index in [1.807, 2.05) is 0 Å². The predicted molar refractivity (Wildman–Crippen MR) is 64.3 cm³/mol. The van der Waals surface area contributed by atoms with Crippen LogP contribution in [0.5, 0.6) is 0 Å². The summed E-state index contributed by atoms with van der Waals surface area (Å²) in [6, 6.07) is 7.08. The Morgan fingerprint density at radius 1 is 1.31 bits per heavy atom. The summed E-state index contributed by atoms with van der Waals surface area (Å²) in [6.45, 7) is 1.72. The van der Waals surface area contributed by atoms with Gasteiger partial charge in [-0.15, -0.1) is 0 Å². The summed E-state index contributed by atoms with van der Waals surface area (Å²) in [5.74, 6) is -0.760. The van der Waals surface area contributed by atoms with Gasteiger partial charge in [0.15, 0.2) is 5.78 Å². The first-order chi connectivity index (χ1) is 7.54. The van der Waals surface area contributed by atoms with Crippen molar-refractivity contribution in [2.24, 2.45) is 5.92 Å². The molecule has 0 amide bonds. The van der Waals surface area contributed by atoms with Gasteiger partial charge < -0.3 is 4.74 Å². The lowest BCUT2D eigenvalue weighted by molar-refractivity contribution is -0.141. The molecule has 0 N–H and O–H groups in total. The van der Waals surface area contributed by atoms with E-state index in [1.54, 1.807) is 31.2 Å². The number of esters is 1. The maximum absolute atomic E-state index is 11.9. The summed E-state index contributed by atoms with van der Waals surface area (Å²) in [7, 11) is 1.32. The molecule has 1 aromatic carbocycles. The van der Waals surface area contributed by atoms with Gasteiger partial charge in [0.05, 0.1) is 13.5 Å². The lowest BCUT2D eigenvalue weighted by Gasteiger charge is -2.08. The molecule has 0 aliphatic rings. The summed E-state index contributed by atoms with van der Waals surface area (Å²) in [5.41, 5.74) is 0.611. The van der Waals surface area contributed by atoms with Crippen LogP contribution in [-0.2, 0) is 9.53 Å². The molecule has 0 bridgehead atoms. The maximum Gasteiger partial charge on any atom is 0.306 e. The molecule has 0 spiro atoms. The van der Waals surface area contributed by atoms with E-state index in [0.29, 0.717) is 5.56 Å². The van der Waals surface area contributed by atoms with Crippen LogP contribution in [-0.4, -0.2) is 18.9 Å². The van der Waals surface area contributed by atoms with E-state index in [-0.39, 0.29) is 24.1 Å². The highest BCUT2D eigenvalue weighted by atomic mass is 79.9. The number of methoxy groups -OCH3 is 1. The minimum atomic E-state index is -0.363. The van der Waals surface area contributed by atoms with Gasteiger partial charge in [0.1, 0.15) is 0 Å². The number of benzene rings is 1. The number of ketones is 1. The molecule has 1 aromatic rings. The topological polar surface area (TPSA) is 43.4 Å². The smallest absolute Gasteiger partial charge is 0.306 e. The van der Waals surface area contributed by atoms with Crippen molar-refractivity contribution >= 4 is 27.7 Å². The SMILES string of the molecule is COC(=O)C[C@@H](C)C(=O)c1ccc(Br)cc1. The van der Waals surface area contributed by atoms with Crippen molar-refractivity contribution in [1.29, 1.82) is 0 Å². The molecule has 86 valence electrons. The lowest BCUT2D eigenvalue weighted by atomic mass is 9.97. The third-order valence-corrected chi connectivity index (χ3v) is 2.81. The summed E-state index contributed by atoms with van der Waals surface area (Å²) in [5, 5.41) is 0. The monoisotopic (exact) mass is 284 g/mol. The van der Waals surface area contributed by atoms with Gasteiger partial charge in [-0.2, -0.15) is 0 Å². The number of halogens is 1. The van der Waals surface area contributed by atoms with Gasteiger partial charge in [-0.05, 0) is 12.1 Å². The highest BCUT2D eigenvalue weighted by Gasteiger charge is 2.18. The molecular weight excluding hydrogens is 272 g/mol. The fourth-order valence-corrected chi connectivity index (χ4v) is 1.59. The second-order valence-electron chi connectivity index (χ2n) is 3.55. The number of carbonyl (C=O) groups is 2. The molecule has 0 saturated carbocycles. The van der Waals surface area contributed by atoms with Crippen molar-refractivity contribution in [3.05, 3.63) is 34.3 Å². The van der Waals surface area contributed by atoms with Crippen LogP contribution in [0, 0.1) is 5.92 Å². The standard InChI is InChI=1S/C12H13BrO3/c1-8(7-11(14)16-2)12(15)9-3-5-10(13)6-4-9/h3-6,8H,7H2,1-2H3/t8-/m1/s1. The Labute approximate surface area is 103 Å². The van der Waals surface area contributed by atoms with E-state index in [9.17, 15) is 9.59 Å². The third kappa shape index (κ3) is 3.45. The van der Waals surface area contributed by atoms with Crippen LogP contribution in [0.15, 0.2) is 28.7 Å². The Balaban J connectivity index is 2.70. The minimum Gasteiger partial charge on any atom is -0.469 e. The maximum atomic E-state index is 11.9. The quantitative estimate of drug-likeness (QED) is 0.631. The molecule has 0 aliphatic heterocycles. The zero-order valence-electron chi connectivity index (χ0n) is 9.20. The van der Waals surface area contributed by atoms with Crippen LogP contribution in [0.2, 0.25) is 0 Å². The summed E-state index contributed by atoms with van der Waals surface area (Å²) in [6.07, 6.45) is 0.116. The van der Waals surface area contributed by atoms with Gasteiger partial charge in [-0.1, -0.05) is 35.0 Å². The molecule has 3 nitrogen and oxygen atoms in total. The number of hydrogen-bond acceptors (Lipinski definition) is 3. The van der Waals surface area contributed by atoms with E-state index < -0.39 is 0 Å². The van der Waals surface area contributed by atoms with Crippen LogP contribution in [0.1, 0.15) is 23.7 Å². The second kappa shape index (κ2) is 5.80. The van der Waals surface area contributed by atoms with Gasteiger partial charge >= 0.3 is 5.97 Å². The average molecular weight is 285 g/mol.